The van der Waals surface area contributed by atoms with E-state index in [4.69, 9.17) is 4.74 Å². The molecule has 0 aliphatic carbocycles. The highest BCUT2D eigenvalue weighted by atomic mass is 19.1. The van der Waals surface area contributed by atoms with E-state index in [0.29, 0.717) is 11.3 Å². The van der Waals surface area contributed by atoms with Gasteiger partial charge < -0.3 is 10.1 Å². The predicted octanol–water partition coefficient (Wildman–Crippen LogP) is 3.11. The molecule has 120 valence electrons. The Labute approximate surface area is 134 Å². The summed E-state index contributed by atoms with van der Waals surface area (Å²) in [5.74, 6) is -1.41. The van der Waals surface area contributed by atoms with Gasteiger partial charge in [0.1, 0.15) is 5.82 Å². The zero-order chi connectivity index (χ0) is 16.7. The van der Waals surface area contributed by atoms with Crippen LogP contribution in [0.3, 0.4) is 0 Å². The molecule has 23 heavy (non-hydrogen) atoms. The first-order valence-corrected chi connectivity index (χ1v) is 7.35. The minimum Gasteiger partial charge on any atom is -0.455 e. The Morgan fingerprint density at radius 3 is 2.48 bits per heavy atom. The molecular weight excluding hydrogens is 297 g/mol. The second-order valence-corrected chi connectivity index (χ2v) is 5.07. The number of nitrogens with one attached hydrogen (secondary N) is 1. The second-order valence-electron chi connectivity index (χ2n) is 5.07. The molecule has 1 amide bonds. The van der Waals surface area contributed by atoms with E-state index in [1.54, 1.807) is 18.2 Å². The van der Waals surface area contributed by atoms with Crippen LogP contribution in [0.15, 0.2) is 48.5 Å². The largest absolute Gasteiger partial charge is 0.455 e. The molecule has 2 aromatic carbocycles. The zero-order valence-electron chi connectivity index (χ0n) is 12.8. The maximum atomic E-state index is 13.0. The molecule has 0 unspecified atom stereocenters. The molecule has 0 saturated heterocycles. The van der Waals surface area contributed by atoms with Crippen LogP contribution in [0.1, 0.15) is 18.1 Å². The minimum absolute atomic E-state index is 0.0732. The summed E-state index contributed by atoms with van der Waals surface area (Å²) in [5.41, 5.74) is 2.32. The topological polar surface area (TPSA) is 55.4 Å². The van der Waals surface area contributed by atoms with E-state index in [1.165, 1.54) is 23.8 Å². The summed E-state index contributed by atoms with van der Waals surface area (Å²) in [5, 5.41) is 2.65. The molecule has 0 bridgehead atoms. The standard InChI is InChI=1S/C18H18FNO3/c1-2-13-6-8-16(9-7-13)20-17(21)12-23-18(22)11-14-4-3-5-15(19)10-14/h3-10H,2,11-12H2,1H3,(H,20,21). The smallest absolute Gasteiger partial charge is 0.310 e. The van der Waals surface area contributed by atoms with Crippen LogP contribution in [0.25, 0.3) is 0 Å². The average molecular weight is 315 g/mol. The summed E-state index contributed by atoms with van der Waals surface area (Å²) in [6, 6.07) is 13.1. The Morgan fingerprint density at radius 1 is 1.09 bits per heavy atom. The number of aryl methyl sites for hydroxylation is 1. The first kappa shape index (κ1) is 16.7. The lowest BCUT2D eigenvalue weighted by Crippen LogP contribution is -2.21. The van der Waals surface area contributed by atoms with Crippen LogP contribution in [0, 0.1) is 5.82 Å². The molecule has 0 heterocycles. The van der Waals surface area contributed by atoms with Crippen LogP contribution in [0.2, 0.25) is 0 Å². The normalized spacial score (nSPS) is 10.2. The van der Waals surface area contributed by atoms with Crippen molar-refractivity contribution in [3.63, 3.8) is 0 Å². The van der Waals surface area contributed by atoms with Crippen molar-refractivity contribution < 1.29 is 18.7 Å². The molecule has 0 aliphatic heterocycles. The van der Waals surface area contributed by atoms with Crippen LogP contribution < -0.4 is 5.32 Å². The Morgan fingerprint density at radius 2 is 1.83 bits per heavy atom. The van der Waals surface area contributed by atoms with Gasteiger partial charge in [0.2, 0.25) is 0 Å². The first-order valence-electron chi connectivity index (χ1n) is 7.35. The van der Waals surface area contributed by atoms with Gasteiger partial charge in [-0.2, -0.15) is 0 Å². The molecule has 2 rings (SSSR count). The van der Waals surface area contributed by atoms with Crippen molar-refractivity contribution in [1.29, 1.82) is 0 Å². The number of ether oxygens (including phenoxy) is 1. The van der Waals surface area contributed by atoms with Gasteiger partial charge in [-0.1, -0.05) is 31.2 Å². The minimum atomic E-state index is -0.577. The third-order valence-electron chi connectivity index (χ3n) is 3.25. The van der Waals surface area contributed by atoms with Crippen LogP contribution in [0.4, 0.5) is 10.1 Å². The monoisotopic (exact) mass is 315 g/mol. The Kier molecular flexibility index (Phi) is 5.86. The number of hydrogen-bond acceptors (Lipinski definition) is 3. The van der Waals surface area contributed by atoms with Crippen molar-refractivity contribution in [2.75, 3.05) is 11.9 Å². The van der Waals surface area contributed by atoms with Gasteiger partial charge in [0.25, 0.3) is 5.91 Å². The molecule has 0 saturated carbocycles. The number of benzene rings is 2. The average Bonchev–Trinajstić information content (AvgIpc) is 2.54. The van der Waals surface area contributed by atoms with Gasteiger partial charge in [0.05, 0.1) is 6.42 Å². The number of carbonyl (C=O) groups is 2. The van der Waals surface area contributed by atoms with Gasteiger partial charge in [0.15, 0.2) is 6.61 Å². The fourth-order valence-electron chi connectivity index (χ4n) is 2.03. The van der Waals surface area contributed by atoms with Crippen LogP contribution in [-0.2, 0) is 27.2 Å². The number of rotatable bonds is 6. The van der Waals surface area contributed by atoms with Crippen molar-refractivity contribution >= 4 is 17.6 Å². The fraction of sp³-hybridized carbons (Fsp3) is 0.222. The van der Waals surface area contributed by atoms with Crippen molar-refractivity contribution in [3.8, 4) is 0 Å². The highest BCUT2D eigenvalue weighted by molar-refractivity contribution is 5.92. The van der Waals surface area contributed by atoms with Gasteiger partial charge in [-0.25, -0.2) is 4.39 Å². The number of halogens is 1. The Hall–Kier alpha value is -2.69. The molecule has 0 fully saturated rings. The third kappa shape index (κ3) is 5.54. The molecule has 0 aromatic heterocycles. The van der Waals surface area contributed by atoms with E-state index in [9.17, 15) is 14.0 Å². The van der Waals surface area contributed by atoms with Crippen LogP contribution >= 0.6 is 0 Å². The number of amides is 1. The molecular formula is C18H18FNO3. The van der Waals surface area contributed by atoms with Gasteiger partial charge in [-0.05, 0) is 41.8 Å². The molecule has 0 spiro atoms. The van der Waals surface area contributed by atoms with E-state index in [2.05, 4.69) is 5.32 Å². The number of esters is 1. The van der Waals surface area contributed by atoms with E-state index in [1.807, 2.05) is 19.1 Å². The van der Waals surface area contributed by atoms with Crippen molar-refractivity contribution in [1.82, 2.24) is 0 Å². The maximum Gasteiger partial charge on any atom is 0.310 e. The first-order chi connectivity index (χ1) is 11.1. The van der Waals surface area contributed by atoms with Crippen molar-refractivity contribution in [2.45, 2.75) is 19.8 Å². The zero-order valence-corrected chi connectivity index (χ0v) is 12.8. The number of anilines is 1. The molecule has 2 aromatic rings. The second kappa shape index (κ2) is 8.08. The van der Waals surface area contributed by atoms with Gasteiger partial charge >= 0.3 is 5.97 Å². The van der Waals surface area contributed by atoms with E-state index < -0.39 is 17.7 Å². The lowest BCUT2D eigenvalue weighted by Gasteiger charge is -2.07. The molecule has 4 nitrogen and oxygen atoms in total. The molecule has 0 aliphatic rings. The number of carbonyl (C=O) groups excluding carboxylic acids is 2. The molecule has 0 atom stereocenters. The highest BCUT2D eigenvalue weighted by Crippen LogP contribution is 2.10. The van der Waals surface area contributed by atoms with E-state index in [-0.39, 0.29) is 13.0 Å². The molecule has 0 radical (unpaired) electrons. The number of hydrogen-bond donors (Lipinski definition) is 1. The summed E-state index contributed by atoms with van der Waals surface area (Å²) in [7, 11) is 0. The summed E-state index contributed by atoms with van der Waals surface area (Å²) < 4.78 is 17.9. The Bertz CT molecular complexity index is 683. The van der Waals surface area contributed by atoms with Crippen LogP contribution in [-0.4, -0.2) is 18.5 Å². The third-order valence-corrected chi connectivity index (χ3v) is 3.25. The quantitative estimate of drug-likeness (QED) is 0.833. The lowest BCUT2D eigenvalue weighted by molar-refractivity contribution is -0.146. The van der Waals surface area contributed by atoms with E-state index in [0.717, 1.165) is 6.42 Å². The predicted molar refractivity (Wildman–Crippen MR) is 85.5 cm³/mol. The van der Waals surface area contributed by atoms with Gasteiger partial charge in [0, 0.05) is 5.69 Å². The summed E-state index contributed by atoms with van der Waals surface area (Å²) in [4.78, 5) is 23.4. The summed E-state index contributed by atoms with van der Waals surface area (Å²) >= 11 is 0. The Balaban J connectivity index is 1.78. The van der Waals surface area contributed by atoms with Gasteiger partial charge in [-0.3, -0.25) is 9.59 Å². The lowest BCUT2D eigenvalue weighted by atomic mass is 10.1. The summed E-state index contributed by atoms with van der Waals surface area (Å²) in [6.45, 7) is 1.68. The van der Waals surface area contributed by atoms with Crippen molar-refractivity contribution in [3.05, 3.63) is 65.5 Å². The summed E-state index contributed by atoms with van der Waals surface area (Å²) in [6.07, 6.45) is 0.849. The molecule has 1 N–H and O–H groups in total. The van der Waals surface area contributed by atoms with E-state index >= 15 is 0 Å². The fourth-order valence-corrected chi connectivity index (χ4v) is 2.03. The SMILES string of the molecule is CCc1ccc(NC(=O)COC(=O)Cc2cccc(F)c2)cc1. The highest BCUT2D eigenvalue weighted by Gasteiger charge is 2.09. The van der Waals surface area contributed by atoms with Crippen LogP contribution in [0.5, 0.6) is 0 Å². The van der Waals surface area contributed by atoms with Gasteiger partial charge in [-0.15, -0.1) is 0 Å². The molecule has 5 heteroatoms. The van der Waals surface area contributed by atoms with Crippen molar-refractivity contribution in [2.24, 2.45) is 0 Å². The maximum absolute atomic E-state index is 13.0.